The van der Waals surface area contributed by atoms with Crippen LogP contribution in [-0.2, 0) is 21.4 Å². The van der Waals surface area contributed by atoms with Gasteiger partial charge in [-0.25, -0.2) is 13.1 Å². The van der Waals surface area contributed by atoms with Crippen molar-refractivity contribution in [2.75, 3.05) is 18.8 Å². The molecule has 3 N–H and O–H groups in total. The third-order valence-corrected chi connectivity index (χ3v) is 4.92. The third kappa shape index (κ3) is 5.10. The Morgan fingerprint density at radius 2 is 2.18 bits per heavy atom. The molecule has 9 heteroatoms. The van der Waals surface area contributed by atoms with Crippen LogP contribution in [0, 0.1) is 0 Å². The number of nitrogens with two attached hydrogens (primary N) is 1. The summed E-state index contributed by atoms with van der Waals surface area (Å²) in [5.74, 6) is -0.265. The van der Waals surface area contributed by atoms with Crippen LogP contribution in [0.15, 0.2) is 24.3 Å². The predicted molar refractivity (Wildman–Crippen MR) is 88.5 cm³/mol. The number of hydrogen-bond donors (Lipinski definition) is 2. The molecule has 1 heterocycles. The van der Waals surface area contributed by atoms with Crippen molar-refractivity contribution in [3.63, 3.8) is 0 Å². The van der Waals surface area contributed by atoms with Crippen molar-refractivity contribution >= 4 is 39.9 Å². The van der Waals surface area contributed by atoms with Gasteiger partial charge in [-0.15, -0.1) is 12.4 Å². The van der Waals surface area contributed by atoms with Gasteiger partial charge in [-0.1, -0.05) is 23.7 Å². The fourth-order valence-corrected chi connectivity index (χ4v) is 3.81. The van der Waals surface area contributed by atoms with E-state index in [4.69, 9.17) is 17.3 Å². The van der Waals surface area contributed by atoms with Gasteiger partial charge in [0.2, 0.25) is 15.9 Å². The molecule has 1 aliphatic rings. The van der Waals surface area contributed by atoms with Gasteiger partial charge in [0, 0.05) is 24.7 Å². The van der Waals surface area contributed by atoms with Crippen molar-refractivity contribution in [2.24, 2.45) is 5.73 Å². The van der Waals surface area contributed by atoms with Crippen molar-refractivity contribution in [1.29, 1.82) is 0 Å². The molecule has 1 amide bonds. The Labute approximate surface area is 141 Å². The van der Waals surface area contributed by atoms with Gasteiger partial charge in [0.25, 0.3) is 0 Å². The standard InChI is InChI=1S/C13H18ClN3O3S.ClH/c14-11-3-1-2-10(8-11)9-17(6-5-15)13(18)12-4-7-21(19,20)16-12;/h1-3,8,12,16H,4-7,9,15H2;1H. The minimum atomic E-state index is -3.32. The molecule has 1 aromatic carbocycles. The van der Waals surface area contributed by atoms with Crippen molar-refractivity contribution < 1.29 is 13.2 Å². The summed E-state index contributed by atoms with van der Waals surface area (Å²) in [5.41, 5.74) is 6.42. The quantitative estimate of drug-likeness (QED) is 0.802. The van der Waals surface area contributed by atoms with Gasteiger partial charge in [0.1, 0.15) is 6.04 Å². The molecule has 0 spiro atoms. The highest BCUT2D eigenvalue weighted by Gasteiger charge is 2.34. The Morgan fingerprint density at radius 3 is 2.73 bits per heavy atom. The number of halogens is 2. The second-order valence-electron chi connectivity index (χ2n) is 4.96. The first-order valence-electron chi connectivity index (χ1n) is 6.64. The van der Waals surface area contributed by atoms with Crippen LogP contribution in [0.25, 0.3) is 0 Å². The predicted octanol–water partition coefficient (Wildman–Crippen LogP) is 0.741. The van der Waals surface area contributed by atoms with Crippen LogP contribution in [0.1, 0.15) is 12.0 Å². The molecule has 1 unspecified atom stereocenters. The van der Waals surface area contributed by atoms with E-state index >= 15 is 0 Å². The SMILES string of the molecule is Cl.NCCN(Cc1cccc(Cl)c1)C(=O)C1CCS(=O)(=O)N1. The Bertz CT molecular complexity index is 625. The van der Waals surface area contributed by atoms with Gasteiger partial charge in [-0.2, -0.15) is 0 Å². The number of rotatable bonds is 5. The van der Waals surface area contributed by atoms with Gasteiger partial charge in [0.05, 0.1) is 5.75 Å². The molecule has 0 radical (unpaired) electrons. The lowest BCUT2D eigenvalue weighted by atomic mass is 10.1. The molecule has 124 valence electrons. The van der Waals surface area contributed by atoms with E-state index in [0.717, 1.165) is 5.56 Å². The first kappa shape index (κ1) is 19.2. The molecule has 0 bridgehead atoms. The van der Waals surface area contributed by atoms with Gasteiger partial charge in [-0.3, -0.25) is 4.79 Å². The number of benzene rings is 1. The highest BCUT2D eigenvalue weighted by Crippen LogP contribution is 2.15. The van der Waals surface area contributed by atoms with E-state index < -0.39 is 16.1 Å². The molecule has 1 aliphatic heterocycles. The van der Waals surface area contributed by atoms with E-state index in [1.807, 2.05) is 6.07 Å². The van der Waals surface area contributed by atoms with Gasteiger partial charge in [-0.05, 0) is 24.1 Å². The summed E-state index contributed by atoms with van der Waals surface area (Å²) in [6, 6.07) is 6.51. The zero-order valence-electron chi connectivity index (χ0n) is 11.9. The van der Waals surface area contributed by atoms with Crippen molar-refractivity contribution in [3.05, 3.63) is 34.9 Å². The Kier molecular flexibility index (Phi) is 7.08. The maximum atomic E-state index is 12.4. The Morgan fingerprint density at radius 1 is 1.45 bits per heavy atom. The zero-order chi connectivity index (χ0) is 15.5. The lowest BCUT2D eigenvalue weighted by Gasteiger charge is -2.25. The number of carbonyl (C=O) groups excluding carboxylic acids is 1. The average Bonchev–Trinajstić information content (AvgIpc) is 2.78. The highest BCUT2D eigenvalue weighted by atomic mass is 35.5. The summed E-state index contributed by atoms with van der Waals surface area (Å²) < 4.78 is 25.2. The van der Waals surface area contributed by atoms with Crippen LogP contribution in [0.4, 0.5) is 0 Å². The first-order chi connectivity index (χ1) is 9.91. The number of hydrogen-bond acceptors (Lipinski definition) is 4. The largest absolute Gasteiger partial charge is 0.336 e. The van der Waals surface area contributed by atoms with Crippen molar-refractivity contribution in [2.45, 2.75) is 19.0 Å². The molecule has 0 saturated carbocycles. The van der Waals surface area contributed by atoms with Crippen LogP contribution in [0.2, 0.25) is 5.02 Å². The summed E-state index contributed by atoms with van der Waals surface area (Å²) in [7, 11) is -3.32. The summed E-state index contributed by atoms with van der Waals surface area (Å²) in [6.07, 6.45) is 0.289. The maximum Gasteiger partial charge on any atom is 0.241 e. The highest BCUT2D eigenvalue weighted by molar-refractivity contribution is 7.89. The van der Waals surface area contributed by atoms with Gasteiger partial charge < -0.3 is 10.6 Å². The molecule has 1 fully saturated rings. The molecule has 6 nitrogen and oxygen atoms in total. The van der Waals surface area contributed by atoms with E-state index in [9.17, 15) is 13.2 Å². The Balaban J connectivity index is 0.00000242. The third-order valence-electron chi connectivity index (χ3n) is 3.27. The number of sulfonamides is 1. The van der Waals surface area contributed by atoms with Crippen molar-refractivity contribution in [1.82, 2.24) is 9.62 Å². The summed E-state index contributed by atoms with van der Waals surface area (Å²) in [4.78, 5) is 14.0. The fraction of sp³-hybridized carbons (Fsp3) is 0.462. The van der Waals surface area contributed by atoms with E-state index in [1.165, 1.54) is 0 Å². The first-order valence-corrected chi connectivity index (χ1v) is 8.67. The fourth-order valence-electron chi connectivity index (χ4n) is 2.28. The molecule has 1 aromatic rings. The van der Waals surface area contributed by atoms with Crippen molar-refractivity contribution in [3.8, 4) is 0 Å². The van der Waals surface area contributed by atoms with E-state index in [-0.39, 0.29) is 30.5 Å². The molecule has 1 saturated heterocycles. The van der Waals surface area contributed by atoms with Crippen LogP contribution >= 0.6 is 24.0 Å². The minimum Gasteiger partial charge on any atom is -0.336 e. The number of nitrogens with zero attached hydrogens (tertiary/aromatic N) is 1. The van der Waals surface area contributed by atoms with Crippen LogP contribution in [-0.4, -0.2) is 44.1 Å². The minimum absolute atomic E-state index is 0. The topological polar surface area (TPSA) is 92.5 Å². The van der Waals surface area contributed by atoms with Gasteiger partial charge in [0.15, 0.2) is 0 Å². The second-order valence-corrected chi connectivity index (χ2v) is 7.27. The van der Waals surface area contributed by atoms with E-state index in [0.29, 0.717) is 24.7 Å². The van der Waals surface area contributed by atoms with Crippen LogP contribution in [0.5, 0.6) is 0 Å². The average molecular weight is 368 g/mol. The van der Waals surface area contributed by atoms with Crippen LogP contribution in [0.3, 0.4) is 0 Å². The monoisotopic (exact) mass is 367 g/mol. The lowest BCUT2D eigenvalue weighted by Crippen LogP contribution is -2.45. The summed E-state index contributed by atoms with van der Waals surface area (Å²) >= 11 is 5.93. The van der Waals surface area contributed by atoms with Crippen LogP contribution < -0.4 is 10.5 Å². The number of nitrogens with one attached hydrogen (secondary N) is 1. The van der Waals surface area contributed by atoms with E-state index in [1.54, 1.807) is 23.1 Å². The lowest BCUT2D eigenvalue weighted by molar-refractivity contribution is -0.133. The van der Waals surface area contributed by atoms with E-state index in [2.05, 4.69) is 4.72 Å². The molecular weight excluding hydrogens is 349 g/mol. The molecule has 2 rings (SSSR count). The maximum absolute atomic E-state index is 12.4. The molecule has 1 atom stereocenters. The number of carbonyl (C=O) groups is 1. The summed E-state index contributed by atoms with van der Waals surface area (Å²) in [5, 5.41) is 0.592. The smallest absolute Gasteiger partial charge is 0.241 e. The molecule has 22 heavy (non-hydrogen) atoms. The normalized spacial score (nSPS) is 19.5. The zero-order valence-corrected chi connectivity index (χ0v) is 14.3. The number of amides is 1. The second kappa shape index (κ2) is 8.12. The summed E-state index contributed by atoms with van der Waals surface area (Å²) in [6.45, 7) is 1.03. The Hall–Kier alpha value is -0.860. The molecule has 0 aromatic heterocycles. The molecular formula is C13H19Cl2N3O3S. The van der Waals surface area contributed by atoms with Gasteiger partial charge >= 0.3 is 0 Å². The molecule has 0 aliphatic carbocycles.